The van der Waals surface area contributed by atoms with Gasteiger partial charge in [-0.2, -0.15) is 0 Å². The Morgan fingerprint density at radius 3 is 2.48 bits per heavy atom. The van der Waals surface area contributed by atoms with Gasteiger partial charge >= 0.3 is 0 Å². The molecule has 0 saturated heterocycles. The Hall–Kier alpha value is -1.04. The lowest BCUT2D eigenvalue weighted by Gasteiger charge is -2.14. The molecule has 3 nitrogen and oxygen atoms in total. The minimum absolute atomic E-state index is 0.164. The molecule has 112 valence electrons. The van der Waals surface area contributed by atoms with Crippen LogP contribution in [0.4, 0.5) is 0 Å². The number of hydrogen-bond donors (Lipinski definition) is 0. The Labute approximate surface area is 141 Å². The topological polar surface area (TPSA) is 27.7 Å². The summed E-state index contributed by atoms with van der Waals surface area (Å²) < 4.78 is 17.4. The fraction of sp³-hybridized carbons (Fsp3) is 0.250. The number of benzene rings is 2. The molecule has 2 rings (SSSR count). The summed E-state index contributed by atoms with van der Waals surface area (Å²) in [4.78, 5) is 0. The Balaban J connectivity index is 1.93. The molecule has 0 heterocycles. The highest BCUT2D eigenvalue weighted by Gasteiger charge is 2.11. The number of alkyl halides is 1. The van der Waals surface area contributed by atoms with E-state index in [2.05, 4.69) is 31.9 Å². The van der Waals surface area contributed by atoms with Crippen LogP contribution in [0.5, 0.6) is 11.5 Å². The van der Waals surface area contributed by atoms with Crippen molar-refractivity contribution in [1.29, 1.82) is 0 Å². The average molecular weight is 416 g/mol. The van der Waals surface area contributed by atoms with E-state index in [1.165, 1.54) is 0 Å². The molecule has 0 aliphatic heterocycles. The molecule has 0 aliphatic carbocycles. The van der Waals surface area contributed by atoms with Crippen molar-refractivity contribution >= 4 is 31.9 Å². The summed E-state index contributed by atoms with van der Waals surface area (Å²) in [7, 11) is 1.62. The van der Waals surface area contributed by atoms with Crippen molar-refractivity contribution in [3.05, 3.63) is 58.1 Å². The highest BCUT2D eigenvalue weighted by Crippen LogP contribution is 2.37. The molecule has 0 saturated carbocycles. The van der Waals surface area contributed by atoms with Crippen molar-refractivity contribution in [1.82, 2.24) is 0 Å². The summed E-state index contributed by atoms with van der Waals surface area (Å²) in [6.07, 6.45) is 0. The molecule has 0 aromatic heterocycles. The van der Waals surface area contributed by atoms with Crippen LogP contribution >= 0.6 is 31.9 Å². The third-order valence-electron chi connectivity index (χ3n) is 2.84. The summed E-state index contributed by atoms with van der Waals surface area (Å²) in [6, 6.07) is 13.9. The van der Waals surface area contributed by atoms with E-state index in [1.807, 2.05) is 42.5 Å². The maximum absolute atomic E-state index is 5.67. The summed E-state index contributed by atoms with van der Waals surface area (Å²) in [5, 5.41) is 0.757. The summed E-state index contributed by atoms with van der Waals surface area (Å²) >= 11 is 6.92. The molecule has 0 amide bonds. The van der Waals surface area contributed by atoms with E-state index in [0.717, 1.165) is 20.9 Å². The van der Waals surface area contributed by atoms with Gasteiger partial charge in [-0.3, -0.25) is 0 Å². The van der Waals surface area contributed by atoms with Crippen molar-refractivity contribution < 1.29 is 14.2 Å². The largest absolute Gasteiger partial charge is 0.493 e. The predicted molar refractivity (Wildman–Crippen MR) is 90.1 cm³/mol. The lowest BCUT2D eigenvalue weighted by Crippen LogP contribution is -2.05. The molecule has 0 spiro atoms. The molecule has 0 aliphatic rings. The predicted octanol–water partition coefficient (Wildman–Crippen LogP) is 4.91. The van der Waals surface area contributed by atoms with Gasteiger partial charge in [-0.05, 0) is 39.2 Å². The Morgan fingerprint density at radius 1 is 1.05 bits per heavy atom. The zero-order valence-electron chi connectivity index (χ0n) is 11.6. The zero-order chi connectivity index (χ0) is 15.1. The maximum atomic E-state index is 5.67. The number of methoxy groups -OCH3 is 1. The summed E-state index contributed by atoms with van der Waals surface area (Å²) in [5.41, 5.74) is 2.22. The molecule has 0 fully saturated rings. The van der Waals surface area contributed by atoms with Crippen LogP contribution < -0.4 is 9.47 Å². The van der Waals surface area contributed by atoms with E-state index in [0.29, 0.717) is 18.1 Å². The maximum Gasteiger partial charge on any atom is 0.189 e. The number of hydrogen-bond acceptors (Lipinski definition) is 3. The number of rotatable bonds is 7. The van der Waals surface area contributed by atoms with E-state index in [-0.39, 0.29) is 6.79 Å². The minimum atomic E-state index is 0.164. The van der Waals surface area contributed by atoms with Crippen molar-refractivity contribution in [3.8, 4) is 11.5 Å². The van der Waals surface area contributed by atoms with Crippen LogP contribution in [-0.2, 0) is 16.7 Å². The second-order valence-corrected chi connectivity index (χ2v) is 5.75. The van der Waals surface area contributed by atoms with Crippen molar-refractivity contribution in [3.63, 3.8) is 0 Å². The van der Waals surface area contributed by atoms with Crippen LogP contribution in [0.15, 0.2) is 46.9 Å². The van der Waals surface area contributed by atoms with E-state index < -0.39 is 0 Å². The Kier molecular flexibility index (Phi) is 6.54. The van der Waals surface area contributed by atoms with E-state index in [1.54, 1.807) is 7.11 Å². The van der Waals surface area contributed by atoms with Crippen molar-refractivity contribution in [2.24, 2.45) is 0 Å². The quantitative estimate of drug-likeness (QED) is 0.365. The lowest BCUT2D eigenvalue weighted by molar-refractivity contribution is 0.00332. The Bertz CT molecular complexity index is 573. The van der Waals surface area contributed by atoms with Crippen LogP contribution in [0.1, 0.15) is 11.1 Å². The van der Waals surface area contributed by atoms with Gasteiger partial charge in [0.15, 0.2) is 18.3 Å². The van der Waals surface area contributed by atoms with Gasteiger partial charge in [0.1, 0.15) is 0 Å². The second-order valence-electron chi connectivity index (χ2n) is 4.34. The van der Waals surface area contributed by atoms with Gasteiger partial charge in [-0.25, -0.2) is 0 Å². The van der Waals surface area contributed by atoms with Crippen molar-refractivity contribution in [2.75, 3.05) is 13.9 Å². The van der Waals surface area contributed by atoms with Gasteiger partial charge in [-0.15, -0.1) is 0 Å². The SMILES string of the molecule is COc1cc(CBr)cc(Br)c1OCOCc1ccccc1. The first kappa shape index (κ1) is 16.3. The standard InChI is InChI=1S/C16H16Br2O3/c1-19-15-8-13(9-17)7-14(18)16(15)21-11-20-10-12-5-3-2-4-6-12/h2-8H,9-11H2,1H3. The van der Waals surface area contributed by atoms with Crippen LogP contribution in [-0.4, -0.2) is 13.9 Å². The minimum Gasteiger partial charge on any atom is -0.493 e. The molecule has 2 aromatic carbocycles. The average Bonchev–Trinajstić information content (AvgIpc) is 2.53. The van der Waals surface area contributed by atoms with Gasteiger partial charge in [0.2, 0.25) is 0 Å². The Morgan fingerprint density at radius 2 is 1.81 bits per heavy atom. The highest BCUT2D eigenvalue weighted by molar-refractivity contribution is 9.10. The van der Waals surface area contributed by atoms with E-state index >= 15 is 0 Å². The van der Waals surface area contributed by atoms with Crippen LogP contribution in [0.25, 0.3) is 0 Å². The van der Waals surface area contributed by atoms with Crippen LogP contribution in [0, 0.1) is 0 Å². The molecule has 21 heavy (non-hydrogen) atoms. The molecule has 0 unspecified atom stereocenters. The van der Waals surface area contributed by atoms with Crippen LogP contribution in [0.2, 0.25) is 0 Å². The molecule has 0 bridgehead atoms. The first-order valence-electron chi connectivity index (χ1n) is 6.41. The van der Waals surface area contributed by atoms with Gasteiger partial charge < -0.3 is 14.2 Å². The molecular formula is C16H16Br2O3. The first-order valence-corrected chi connectivity index (χ1v) is 8.33. The molecule has 5 heteroatoms. The van der Waals surface area contributed by atoms with E-state index in [4.69, 9.17) is 14.2 Å². The second kappa shape index (κ2) is 8.41. The summed E-state index contributed by atoms with van der Waals surface area (Å²) in [6.45, 7) is 0.678. The molecule has 0 N–H and O–H groups in total. The van der Waals surface area contributed by atoms with Gasteiger partial charge in [-0.1, -0.05) is 46.3 Å². The lowest BCUT2D eigenvalue weighted by atomic mass is 10.2. The smallest absolute Gasteiger partial charge is 0.189 e. The molecule has 2 aromatic rings. The molecule has 0 radical (unpaired) electrons. The van der Waals surface area contributed by atoms with Crippen LogP contribution in [0.3, 0.4) is 0 Å². The molecule has 0 atom stereocenters. The first-order chi connectivity index (χ1) is 10.2. The fourth-order valence-electron chi connectivity index (χ4n) is 1.82. The third-order valence-corrected chi connectivity index (χ3v) is 4.08. The van der Waals surface area contributed by atoms with Gasteiger partial charge in [0.25, 0.3) is 0 Å². The monoisotopic (exact) mass is 414 g/mol. The van der Waals surface area contributed by atoms with E-state index in [9.17, 15) is 0 Å². The fourth-order valence-corrected chi connectivity index (χ4v) is 2.75. The number of ether oxygens (including phenoxy) is 3. The van der Waals surface area contributed by atoms with Crippen molar-refractivity contribution in [2.45, 2.75) is 11.9 Å². The molecular weight excluding hydrogens is 400 g/mol. The van der Waals surface area contributed by atoms with Gasteiger partial charge in [0, 0.05) is 5.33 Å². The number of halogens is 2. The third kappa shape index (κ3) is 4.73. The zero-order valence-corrected chi connectivity index (χ0v) is 14.8. The highest BCUT2D eigenvalue weighted by atomic mass is 79.9. The van der Waals surface area contributed by atoms with Gasteiger partial charge in [0.05, 0.1) is 18.2 Å². The normalized spacial score (nSPS) is 10.4. The summed E-state index contributed by atoms with van der Waals surface area (Å²) in [5.74, 6) is 1.33.